The number of hydrogen-bond acceptors (Lipinski definition) is 3. The standard InChI is InChI=1S/C12H17NO3S/c1-10-5-6-12(9-11(10)2)17(14,15)13-7-3-4-8-16-13/h5-6,9H,3-4,7-8H2,1-2H3. The van der Waals surface area contributed by atoms with E-state index < -0.39 is 10.0 Å². The van der Waals surface area contributed by atoms with E-state index in [-0.39, 0.29) is 0 Å². The Morgan fingerprint density at radius 2 is 1.94 bits per heavy atom. The van der Waals surface area contributed by atoms with Crippen molar-refractivity contribution >= 4 is 10.0 Å². The highest BCUT2D eigenvalue weighted by Gasteiger charge is 2.27. The molecular weight excluding hydrogens is 238 g/mol. The van der Waals surface area contributed by atoms with E-state index in [1.165, 1.54) is 0 Å². The molecule has 0 bridgehead atoms. The monoisotopic (exact) mass is 255 g/mol. The number of hydroxylamine groups is 1. The van der Waals surface area contributed by atoms with Gasteiger partial charge >= 0.3 is 0 Å². The first-order valence-corrected chi connectivity index (χ1v) is 7.19. The lowest BCUT2D eigenvalue weighted by Gasteiger charge is -2.25. The average molecular weight is 255 g/mol. The maximum Gasteiger partial charge on any atom is 0.265 e. The van der Waals surface area contributed by atoms with Crippen LogP contribution in [-0.2, 0) is 14.9 Å². The first-order chi connectivity index (χ1) is 8.01. The van der Waals surface area contributed by atoms with E-state index >= 15 is 0 Å². The minimum absolute atomic E-state index is 0.308. The molecule has 94 valence electrons. The van der Waals surface area contributed by atoms with Crippen LogP contribution < -0.4 is 0 Å². The molecule has 1 saturated heterocycles. The third kappa shape index (κ3) is 2.51. The zero-order chi connectivity index (χ0) is 12.5. The van der Waals surface area contributed by atoms with Crippen LogP contribution in [0.1, 0.15) is 24.0 Å². The lowest BCUT2D eigenvalue weighted by molar-refractivity contribution is -0.108. The van der Waals surface area contributed by atoms with Crippen molar-refractivity contribution in [1.82, 2.24) is 4.47 Å². The van der Waals surface area contributed by atoms with E-state index in [4.69, 9.17) is 4.84 Å². The Morgan fingerprint density at radius 1 is 1.18 bits per heavy atom. The van der Waals surface area contributed by atoms with Crippen molar-refractivity contribution in [2.45, 2.75) is 31.6 Å². The Kier molecular flexibility index (Phi) is 3.51. The van der Waals surface area contributed by atoms with Gasteiger partial charge in [0.15, 0.2) is 0 Å². The normalized spacial score (nSPS) is 18.2. The summed E-state index contributed by atoms with van der Waals surface area (Å²) in [6, 6.07) is 5.16. The molecule has 0 N–H and O–H groups in total. The van der Waals surface area contributed by atoms with Gasteiger partial charge in [-0.05, 0) is 49.9 Å². The van der Waals surface area contributed by atoms with Crippen molar-refractivity contribution in [2.75, 3.05) is 13.2 Å². The van der Waals surface area contributed by atoms with Gasteiger partial charge in [0.1, 0.15) is 0 Å². The fourth-order valence-electron chi connectivity index (χ4n) is 1.76. The van der Waals surface area contributed by atoms with Crippen molar-refractivity contribution in [1.29, 1.82) is 0 Å². The molecule has 5 heteroatoms. The molecule has 1 aliphatic rings. The molecule has 0 aromatic heterocycles. The molecule has 0 radical (unpaired) electrons. The molecule has 1 aromatic rings. The third-order valence-electron chi connectivity index (χ3n) is 3.01. The van der Waals surface area contributed by atoms with Crippen LogP contribution in [0.5, 0.6) is 0 Å². The summed E-state index contributed by atoms with van der Waals surface area (Å²) in [6.45, 7) is 4.79. The van der Waals surface area contributed by atoms with E-state index in [9.17, 15) is 8.42 Å². The lowest BCUT2D eigenvalue weighted by atomic mass is 10.1. The molecule has 2 rings (SSSR count). The molecule has 1 aliphatic heterocycles. The van der Waals surface area contributed by atoms with Crippen molar-refractivity contribution in [3.63, 3.8) is 0 Å². The van der Waals surface area contributed by atoms with Crippen molar-refractivity contribution < 1.29 is 13.3 Å². The van der Waals surface area contributed by atoms with Crippen LogP contribution in [0.2, 0.25) is 0 Å². The summed E-state index contributed by atoms with van der Waals surface area (Å²) in [7, 11) is -3.49. The second kappa shape index (κ2) is 4.76. The van der Waals surface area contributed by atoms with Crippen molar-refractivity contribution in [2.24, 2.45) is 0 Å². The van der Waals surface area contributed by atoms with Crippen molar-refractivity contribution in [3.05, 3.63) is 29.3 Å². The van der Waals surface area contributed by atoms with E-state index in [0.717, 1.165) is 28.4 Å². The van der Waals surface area contributed by atoms with Crippen LogP contribution in [0.15, 0.2) is 23.1 Å². The molecule has 1 aromatic carbocycles. The first-order valence-electron chi connectivity index (χ1n) is 5.75. The van der Waals surface area contributed by atoms with Gasteiger partial charge in [-0.15, -0.1) is 0 Å². The minimum Gasteiger partial charge on any atom is -0.284 e. The summed E-state index contributed by atoms with van der Waals surface area (Å²) in [5.74, 6) is 0. The number of nitrogens with zero attached hydrogens (tertiary/aromatic N) is 1. The molecule has 1 fully saturated rings. The molecule has 0 spiro atoms. The second-order valence-corrected chi connectivity index (χ2v) is 6.15. The van der Waals surface area contributed by atoms with Gasteiger partial charge in [-0.2, -0.15) is 0 Å². The molecule has 0 saturated carbocycles. The summed E-state index contributed by atoms with van der Waals surface area (Å²) in [5.41, 5.74) is 2.06. The molecule has 0 unspecified atom stereocenters. The minimum atomic E-state index is -3.49. The van der Waals surface area contributed by atoms with Crippen LogP contribution in [0.3, 0.4) is 0 Å². The Bertz CT molecular complexity index is 504. The van der Waals surface area contributed by atoms with Crippen LogP contribution in [0.4, 0.5) is 0 Å². The van der Waals surface area contributed by atoms with Crippen molar-refractivity contribution in [3.8, 4) is 0 Å². The SMILES string of the molecule is Cc1ccc(S(=O)(=O)N2CCCCO2)cc1C. The zero-order valence-electron chi connectivity index (χ0n) is 10.1. The predicted octanol–water partition coefficient (Wildman–Crippen LogP) is 2.02. The topological polar surface area (TPSA) is 46.6 Å². The van der Waals surface area contributed by atoms with Crippen LogP contribution >= 0.6 is 0 Å². The van der Waals surface area contributed by atoms with Gasteiger partial charge < -0.3 is 0 Å². The fraction of sp³-hybridized carbons (Fsp3) is 0.500. The molecule has 0 amide bonds. The largest absolute Gasteiger partial charge is 0.284 e. The van der Waals surface area contributed by atoms with Crippen LogP contribution in [-0.4, -0.2) is 26.0 Å². The number of aryl methyl sites for hydroxylation is 2. The highest BCUT2D eigenvalue weighted by Crippen LogP contribution is 2.21. The Balaban J connectivity index is 2.33. The second-order valence-electron chi connectivity index (χ2n) is 4.32. The Hall–Kier alpha value is -0.910. The summed E-state index contributed by atoms with van der Waals surface area (Å²) in [6.07, 6.45) is 1.77. The maximum atomic E-state index is 12.3. The molecular formula is C12H17NO3S. The zero-order valence-corrected chi connectivity index (χ0v) is 11.0. The summed E-state index contributed by atoms with van der Waals surface area (Å²) >= 11 is 0. The van der Waals surface area contributed by atoms with E-state index in [0.29, 0.717) is 18.0 Å². The molecule has 0 aliphatic carbocycles. The van der Waals surface area contributed by atoms with Crippen LogP contribution in [0.25, 0.3) is 0 Å². The van der Waals surface area contributed by atoms with Gasteiger partial charge in [0.2, 0.25) is 0 Å². The highest BCUT2D eigenvalue weighted by atomic mass is 32.2. The Morgan fingerprint density at radius 3 is 2.53 bits per heavy atom. The molecule has 0 atom stereocenters. The van der Waals surface area contributed by atoms with Gasteiger partial charge in [-0.1, -0.05) is 10.5 Å². The maximum absolute atomic E-state index is 12.3. The first kappa shape index (κ1) is 12.5. The fourth-order valence-corrected chi connectivity index (χ4v) is 3.14. The predicted molar refractivity (Wildman–Crippen MR) is 65.0 cm³/mol. The van der Waals surface area contributed by atoms with Gasteiger partial charge in [0.25, 0.3) is 10.0 Å². The summed E-state index contributed by atoms with van der Waals surface area (Å²) in [5, 5.41) is 0. The van der Waals surface area contributed by atoms with Gasteiger partial charge in [0.05, 0.1) is 11.5 Å². The number of rotatable bonds is 2. The van der Waals surface area contributed by atoms with Gasteiger partial charge in [0, 0.05) is 6.54 Å². The van der Waals surface area contributed by atoms with Gasteiger partial charge in [-0.3, -0.25) is 4.84 Å². The highest BCUT2D eigenvalue weighted by molar-refractivity contribution is 7.89. The van der Waals surface area contributed by atoms with E-state index in [2.05, 4.69) is 0 Å². The average Bonchev–Trinajstić information content (AvgIpc) is 2.33. The number of benzene rings is 1. The smallest absolute Gasteiger partial charge is 0.265 e. The lowest BCUT2D eigenvalue weighted by Crippen LogP contribution is -2.35. The molecule has 1 heterocycles. The summed E-state index contributed by atoms with van der Waals surface area (Å²) < 4.78 is 25.6. The molecule has 4 nitrogen and oxygen atoms in total. The van der Waals surface area contributed by atoms with E-state index in [1.54, 1.807) is 12.1 Å². The number of hydrogen-bond donors (Lipinski definition) is 0. The third-order valence-corrected chi connectivity index (χ3v) is 4.69. The van der Waals surface area contributed by atoms with Crippen LogP contribution in [0, 0.1) is 13.8 Å². The Labute approximate surface area is 102 Å². The number of sulfonamides is 1. The quantitative estimate of drug-likeness (QED) is 0.812. The molecule has 17 heavy (non-hydrogen) atoms. The van der Waals surface area contributed by atoms with E-state index in [1.807, 2.05) is 19.9 Å². The van der Waals surface area contributed by atoms with Gasteiger partial charge in [-0.25, -0.2) is 8.42 Å². The summed E-state index contributed by atoms with van der Waals surface area (Å²) in [4.78, 5) is 5.52.